The van der Waals surface area contributed by atoms with Gasteiger partial charge in [0.1, 0.15) is 0 Å². The van der Waals surface area contributed by atoms with E-state index in [0.29, 0.717) is 15.0 Å². The van der Waals surface area contributed by atoms with E-state index in [1.165, 1.54) is 0 Å². The number of halogens is 1. The molecule has 2 nitrogen and oxygen atoms in total. The van der Waals surface area contributed by atoms with Crippen LogP contribution in [0.1, 0.15) is 4.88 Å². The molecule has 73 valence electrons. The summed E-state index contributed by atoms with van der Waals surface area (Å²) in [7, 11) is 0. The van der Waals surface area contributed by atoms with Crippen molar-refractivity contribution in [3.05, 3.63) is 39.7 Å². The molecule has 0 saturated carbocycles. The predicted octanol–water partition coefficient (Wildman–Crippen LogP) is 2.92. The first-order valence-corrected chi connectivity index (χ1v) is 5.10. The van der Waals surface area contributed by atoms with Gasteiger partial charge in [0, 0.05) is 39.0 Å². The Morgan fingerprint density at radius 2 is 1.93 bits per heavy atom. The first-order valence-electron chi connectivity index (χ1n) is 3.91. The molecule has 15 heavy (non-hydrogen) atoms. The summed E-state index contributed by atoms with van der Waals surface area (Å²) < 4.78 is 0.363. The van der Waals surface area contributed by atoms with Crippen LogP contribution in [0.2, 0.25) is 4.47 Å². The number of nitrogens with zero attached hydrogens (tertiary/aromatic N) is 1. The Kier molecular flexibility index (Phi) is 5.06. The second-order valence-electron chi connectivity index (χ2n) is 2.61. The van der Waals surface area contributed by atoms with E-state index in [9.17, 15) is 4.79 Å². The van der Waals surface area contributed by atoms with Gasteiger partial charge in [-0.15, -0.1) is 11.3 Å². The summed E-state index contributed by atoms with van der Waals surface area (Å²) in [5.41, 5.74) is 1.49. The maximum atomic E-state index is 10.6. The van der Waals surface area contributed by atoms with Crippen LogP contribution in [-0.2, 0) is 37.5 Å². The summed E-state index contributed by atoms with van der Waals surface area (Å²) in [6.45, 7) is 0. The van der Waals surface area contributed by atoms with Crippen molar-refractivity contribution in [2.24, 2.45) is 0 Å². The van der Waals surface area contributed by atoms with Crippen molar-refractivity contribution in [1.29, 1.82) is 0 Å². The molecule has 0 aliphatic carbocycles. The Morgan fingerprint density at radius 1 is 1.27 bits per heavy atom. The fraction of sp³-hybridized carbons (Fsp3) is 0. The summed E-state index contributed by atoms with van der Waals surface area (Å²) in [4.78, 5) is 15.1. The van der Waals surface area contributed by atoms with Gasteiger partial charge < -0.3 is 9.78 Å². The summed E-state index contributed by atoms with van der Waals surface area (Å²) in [5.74, 6) is 0. The Morgan fingerprint density at radius 3 is 2.53 bits per heavy atom. The fourth-order valence-electron chi connectivity index (χ4n) is 1.15. The van der Waals surface area contributed by atoms with Crippen LogP contribution in [0.15, 0.2) is 30.3 Å². The zero-order valence-corrected chi connectivity index (χ0v) is 12.0. The molecule has 0 saturated heterocycles. The Bertz CT molecular complexity index is 458. The molecule has 0 N–H and O–H groups in total. The average Bonchev–Trinajstić information content (AvgIpc) is 2.61. The second-order valence-corrected chi connectivity index (χ2v) is 4.19. The number of hydrogen-bond donors (Lipinski definition) is 0. The summed E-state index contributed by atoms with van der Waals surface area (Å²) >= 11 is 6.86. The predicted molar refractivity (Wildman–Crippen MR) is 57.4 cm³/mol. The largest absolute Gasteiger partial charge is 0.417 e. The van der Waals surface area contributed by atoms with E-state index in [4.69, 9.17) is 11.6 Å². The van der Waals surface area contributed by atoms with E-state index in [-0.39, 0.29) is 32.7 Å². The van der Waals surface area contributed by atoms with Gasteiger partial charge in [-0.1, -0.05) is 58.1 Å². The standard InChI is InChI=1S/C10H5ClNOS.Y/c11-10-12-9(8(6-13)14-10)7-4-2-1-3-5-7;/h1-5H;/q-1;. The summed E-state index contributed by atoms with van der Waals surface area (Å²) in [6, 6.07) is 9.44. The van der Waals surface area contributed by atoms with E-state index in [0.717, 1.165) is 16.9 Å². The van der Waals surface area contributed by atoms with E-state index >= 15 is 0 Å². The quantitative estimate of drug-likeness (QED) is 0.798. The molecule has 0 spiro atoms. The second kappa shape index (κ2) is 5.85. The van der Waals surface area contributed by atoms with Crippen molar-refractivity contribution in [2.75, 3.05) is 0 Å². The van der Waals surface area contributed by atoms with Crippen LogP contribution >= 0.6 is 22.9 Å². The molecule has 0 amide bonds. The van der Waals surface area contributed by atoms with Crippen LogP contribution in [0, 0.1) is 0 Å². The van der Waals surface area contributed by atoms with Crippen molar-refractivity contribution < 1.29 is 37.5 Å². The molecular formula is C10H5ClNOSY-. The zero-order valence-electron chi connectivity index (χ0n) is 7.61. The number of thiazole rings is 1. The van der Waals surface area contributed by atoms with Crippen LogP contribution < -0.4 is 0 Å². The molecule has 1 heterocycles. The van der Waals surface area contributed by atoms with Gasteiger partial charge in [-0.3, -0.25) is 0 Å². The van der Waals surface area contributed by atoms with Gasteiger partial charge in [0.05, 0.1) is 0 Å². The fourth-order valence-corrected chi connectivity index (χ4v) is 2.08. The first kappa shape index (κ1) is 13.0. The molecular weight excluding hydrogens is 307 g/mol. The van der Waals surface area contributed by atoms with Crippen molar-refractivity contribution in [2.45, 2.75) is 0 Å². The minimum absolute atomic E-state index is 0. The smallest absolute Gasteiger partial charge is 0.163 e. The van der Waals surface area contributed by atoms with Gasteiger partial charge in [0.25, 0.3) is 0 Å². The molecule has 2 rings (SSSR count). The van der Waals surface area contributed by atoms with E-state index in [1.54, 1.807) is 0 Å². The van der Waals surface area contributed by atoms with Crippen LogP contribution in [0.3, 0.4) is 0 Å². The molecule has 5 heteroatoms. The average molecular weight is 312 g/mol. The molecule has 0 fully saturated rings. The van der Waals surface area contributed by atoms with E-state index in [1.807, 2.05) is 36.6 Å². The number of hydrogen-bond acceptors (Lipinski definition) is 3. The van der Waals surface area contributed by atoms with Gasteiger partial charge in [-0.2, -0.15) is 0 Å². The number of aromatic nitrogens is 1. The van der Waals surface area contributed by atoms with Crippen LogP contribution in [0.4, 0.5) is 0 Å². The Balaban J connectivity index is 0.00000112. The number of benzene rings is 1. The Hall–Kier alpha value is -0.0861. The van der Waals surface area contributed by atoms with Crippen molar-refractivity contribution >= 4 is 29.2 Å². The van der Waals surface area contributed by atoms with Gasteiger partial charge in [-0.25, -0.2) is 0 Å². The number of carbonyl (C=O) groups excluding carboxylic acids is 1. The molecule has 1 aromatic carbocycles. The molecule has 0 unspecified atom stereocenters. The first-order chi connectivity index (χ1) is 6.81. The topological polar surface area (TPSA) is 30.0 Å². The normalized spacial score (nSPS) is 9.40. The van der Waals surface area contributed by atoms with Gasteiger partial charge in [0.15, 0.2) is 4.47 Å². The van der Waals surface area contributed by atoms with Crippen molar-refractivity contribution in [3.63, 3.8) is 0 Å². The summed E-state index contributed by atoms with van der Waals surface area (Å²) in [5, 5.41) is 0. The molecule has 0 aliphatic rings. The molecule has 0 bridgehead atoms. The van der Waals surface area contributed by atoms with Crippen LogP contribution in [0.5, 0.6) is 0 Å². The molecule has 0 aliphatic heterocycles. The minimum atomic E-state index is 0. The van der Waals surface area contributed by atoms with E-state index in [2.05, 4.69) is 4.98 Å². The molecule has 1 radical (unpaired) electrons. The maximum Gasteiger partial charge on any atom is 0.163 e. The summed E-state index contributed by atoms with van der Waals surface area (Å²) in [6.07, 6.45) is 1.84. The van der Waals surface area contributed by atoms with Crippen molar-refractivity contribution in [3.8, 4) is 11.3 Å². The third-order valence-electron chi connectivity index (χ3n) is 1.74. The van der Waals surface area contributed by atoms with Crippen molar-refractivity contribution in [1.82, 2.24) is 4.98 Å². The monoisotopic (exact) mass is 311 g/mol. The SMILES string of the molecule is O=[C-]c1sc(Cl)nc1-c1ccccc1.[Y]. The number of rotatable bonds is 2. The Labute approximate surface area is 122 Å². The minimum Gasteiger partial charge on any atom is -0.417 e. The van der Waals surface area contributed by atoms with E-state index < -0.39 is 0 Å². The molecule has 2 aromatic rings. The van der Waals surface area contributed by atoms with Gasteiger partial charge in [0.2, 0.25) is 0 Å². The van der Waals surface area contributed by atoms with Gasteiger partial charge >= 0.3 is 0 Å². The molecule has 1 aromatic heterocycles. The third kappa shape index (κ3) is 2.94. The van der Waals surface area contributed by atoms with Crippen LogP contribution in [0.25, 0.3) is 11.3 Å². The molecule has 0 atom stereocenters. The third-order valence-corrected chi connectivity index (χ3v) is 2.80. The van der Waals surface area contributed by atoms with Gasteiger partial charge in [-0.05, 0) is 0 Å². The maximum absolute atomic E-state index is 10.6. The van der Waals surface area contributed by atoms with Crippen LogP contribution in [-0.4, -0.2) is 11.3 Å². The zero-order chi connectivity index (χ0) is 9.97.